The second kappa shape index (κ2) is 8.90. The van der Waals surface area contributed by atoms with Gasteiger partial charge in [-0.1, -0.05) is 42.5 Å². The molecule has 0 saturated heterocycles. The van der Waals surface area contributed by atoms with Gasteiger partial charge in [0.25, 0.3) is 5.91 Å². The first-order valence-electron chi connectivity index (χ1n) is 8.75. The molecule has 0 radical (unpaired) electrons. The second-order valence-corrected chi connectivity index (χ2v) is 6.10. The maximum absolute atomic E-state index is 12.2. The van der Waals surface area contributed by atoms with Crippen molar-refractivity contribution in [3.63, 3.8) is 0 Å². The molecule has 0 bridgehead atoms. The average molecular weight is 379 g/mol. The lowest BCUT2D eigenvalue weighted by Crippen LogP contribution is -2.21. The highest BCUT2D eigenvalue weighted by Crippen LogP contribution is 2.27. The number of hydrogen-bond donors (Lipinski definition) is 1. The minimum absolute atomic E-state index is 0.0297. The van der Waals surface area contributed by atoms with Gasteiger partial charge in [-0.25, -0.2) is 0 Å². The number of esters is 1. The van der Waals surface area contributed by atoms with Gasteiger partial charge in [0, 0.05) is 11.1 Å². The third-order valence-electron chi connectivity index (χ3n) is 4.22. The summed E-state index contributed by atoms with van der Waals surface area (Å²) in [5.41, 5.74) is 1.39. The molecule has 3 aromatic carbocycles. The van der Waals surface area contributed by atoms with Crippen LogP contribution in [0.15, 0.2) is 60.7 Å². The summed E-state index contributed by atoms with van der Waals surface area (Å²) in [6, 6.07) is 18.5. The number of carbonyl (C=O) groups is 2. The fourth-order valence-corrected chi connectivity index (χ4v) is 2.88. The Kier molecular flexibility index (Phi) is 6.11. The van der Waals surface area contributed by atoms with E-state index in [0.717, 1.165) is 10.8 Å². The van der Waals surface area contributed by atoms with Gasteiger partial charge >= 0.3 is 5.97 Å². The smallest absolute Gasteiger partial charge is 0.310 e. The third-order valence-corrected chi connectivity index (χ3v) is 4.22. The largest absolute Gasteiger partial charge is 0.493 e. The van der Waals surface area contributed by atoms with Crippen LogP contribution in [0, 0.1) is 0 Å². The number of carbonyl (C=O) groups excluding carboxylic acids is 2. The monoisotopic (exact) mass is 379 g/mol. The topological polar surface area (TPSA) is 73.9 Å². The molecule has 0 spiro atoms. The van der Waals surface area contributed by atoms with Crippen molar-refractivity contribution in [2.75, 3.05) is 26.1 Å². The van der Waals surface area contributed by atoms with Gasteiger partial charge in [0.1, 0.15) is 0 Å². The van der Waals surface area contributed by atoms with Gasteiger partial charge in [0.15, 0.2) is 18.1 Å². The van der Waals surface area contributed by atoms with Crippen LogP contribution in [0.3, 0.4) is 0 Å². The van der Waals surface area contributed by atoms with Crippen LogP contribution in [0.4, 0.5) is 5.69 Å². The molecule has 0 heterocycles. The summed E-state index contributed by atoms with van der Waals surface area (Å²) in [5, 5.41) is 4.73. The quantitative estimate of drug-likeness (QED) is 0.635. The van der Waals surface area contributed by atoms with Crippen molar-refractivity contribution in [3.8, 4) is 11.5 Å². The first-order valence-corrected chi connectivity index (χ1v) is 8.75. The Hall–Kier alpha value is -3.54. The van der Waals surface area contributed by atoms with E-state index in [2.05, 4.69) is 5.32 Å². The standard InChI is InChI=1S/C22H21NO5/c1-26-19-11-10-15(12-20(19)27-2)13-22(25)28-14-21(24)23-18-9-5-7-16-6-3-4-8-17(16)18/h3-12H,13-14H2,1-2H3,(H,23,24). The third kappa shape index (κ3) is 4.59. The Bertz CT molecular complexity index is 994. The number of amides is 1. The number of ether oxygens (including phenoxy) is 3. The fraction of sp³-hybridized carbons (Fsp3) is 0.182. The van der Waals surface area contributed by atoms with Crippen LogP contribution in [0.1, 0.15) is 5.56 Å². The Morgan fingerprint density at radius 3 is 2.43 bits per heavy atom. The lowest BCUT2D eigenvalue weighted by atomic mass is 10.1. The normalized spacial score (nSPS) is 10.4. The molecule has 6 nitrogen and oxygen atoms in total. The van der Waals surface area contributed by atoms with Gasteiger partial charge in [-0.2, -0.15) is 0 Å². The molecule has 0 unspecified atom stereocenters. The first kappa shape index (κ1) is 19.2. The van der Waals surface area contributed by atoms with E-state index in [4.69, 9.17) is 14.2 Å². The molecule has 28 heavy (non-hydrogen) atoms. The van der Waals surface area contributed by atoms with Crippen LogP contribution in [-0.4, -0.2) is 32.7 Å². The minimum atomic E-state index is -0.500. The zero-order valence-corrected chi connectivity index (χ0v) is 15.7. The zero-order chi connectivity index (χ0) is 19.9. The highest BCUT2D eigenvalue weighted by molar-refractivity contribution is 6.02. The van der Waals surface area contributed by atoms with Crippen molar-refractivity contribution in [1.82, 2.24) is 0 Å². The number of anilines is 1. The van der Waals surface area contributed by atoms with E-state index in [0.29, 0.717) is 22.7 Å². The number of benzene rings is 3. The van der Waals surface area contributed by atoms with E-state index in [9.17, 15) is 9.59 Å². The SMILES string of the molecule is COc1ccc(CC(=O)OCC(=O)Nc2cccc3ccccc23)cc1OC. The van der Waals surface area contributed by atoms with E-state index >= 15 is 0 Å². The molecule has 1 amide bonds. The predicted molar refractivity (Wildman–Crippen MR) is 107 cm³/mol. The minimum Gasteiger partial charge on any atom is -0.493 e. The van der Waals surface area contributed by atoms with E-state index in [-0.39, 0.29) is 13.0 Å². The van der Waals surface area contributed by atoms with Crippen LogP contribution in [-0.2, 0) is 20.7 Å². The van der Waals surface area contributed by atoms with E-state index in [1.807, 2.05) is 42.5 Å². The summed E-state index contributed by atoms with van der Waals surface area (Å²) in [7, 11) is 3.07. The first-order chi connectivity index (χ1) is 13.6. The summed E-state index contributed by atoms with van der Waals surface area (Å²) in [5.74, 6) is 0.216. The molecule has 0 atom stereocenters. The van der Waals surface area contributed by atoms with Crippen molar-refractivity contribution >= 4 is 28.3 Å². The summed E-state index contributed by atoms with van der Waals surface area (Å²) in [4.78, 5) is 24.2. The Labute approximate surface area is 163 Å². The van der Waals surface area contributed by atoms with Crippen LogP contribution in [0.5, 0.6) is 11.5 Å². The van der Waals surface area contributed by atoms with Crippen molar-refractivity contribution < 1.29 is 23.8 Å². The van der Waals surface area contributed by atoms with Gasteiger partial charge in [0.2, 0.25) is 0 Å². The number of rotatable bonds is 7. The fourth-order valence-electron chi connectivity index (χ4n) is 2.88. The Morgan fingerprint density at radius 2 is 1.64 bits per heavy atom. The lowest BCUT2D eigenvalue weighted by Gasteiger charge is -2.10. The van der Waals surface area contributed by atoms with Gasteiger partial charge in [-0.15, -0.1) is 0 Å². The van der Waals surface area contributed by atoms with Crippen molar-refractivity contribution in [2.45, 2.75) is 6.42 Å². The Balaban J connectivity index is 1.56. The molecule has 0 aliphatic rings. The highest BCUT2D eigenvalue weighted by atomic mass is 16.5. The maximum atomic E-state index is 12.2. The van der Waals surface area contributed by atoms with Crippen LogP contribution < -0.4 is 14.8 Å². The molecule has 6 heteroatoms. The van der Waals surface area contributed by atoms with E-state index in [1.165, 1.54) is 7.11 Å². The lowest BCUT2D eigenvalue weighted by molar-refractivity contribution is -0.146. The number of nitrogens with one attached hydrogen (secondary N) is 1. The van der Waals surface area contributed by atoms with E-state index in [1.54, 1.807) is 25.3 Å². The highest BCUT2D eigenvalue weighted by Gasteiger charge is 2.12. The van der Waals surface area contributed by atoms with Gasteiger partial charge in [-0.3, -0.25) is 9.59 Å². The van der Waals surface area contributed by atoms with Crippen molar-refractivity contribution in [2.24, 2.45) is 0 Å². The van der Waals surface area contributed by atoms with Gasteiger partial charge in [0.05, 0.1) is 20.6 Å². The molecule has 3 rings (SSSR count). The molecular formula is C22H21NO5. The van der Waals surface area contributed by atoms with Crippen molar-refractivity contribution in [3.05, 3.63) is 66.2 Å². The molecule has 0 saturated carbocycles. The molecule has 0 aliphatic carbocycles. The average Bonchev–Trinajstić information content (AvgIpc) is 2.72. The molecular weight excluding hydrogens is 358 g/mol. The zero-order valence-electron chi connectivity index (χ0n) is 15.7. The van der Waals surface area contributed by atoms with E-state index < -0.39 is 11.9 Å². The summed E-state index contributed by atoms with van der Waals surface area (Å²) < 4.78 is 15.5. The molecule has 1 N–H and O–H groups in total. The van der Waals surface area contributed by atoms with Gasteiger partial charge in [-0.05, 0) is 29.1 Å². The van der Waals surface area contributed by atoms with Crippen LogP contribution in [0.2, 0.25) is 0 Å². The molecule has 144 valence electrons. The molecule has 0 fully saturated rings. The van der Waals surface area contributed by atoms with Crippen LogP contribution >= 0.6 is 0 Å². The number of methoxy groups -OCH3 is 2. The van der Waals surface area contributed by atoms with Crippen molar-refractivity contribution in [1.29, 1.82) is 0 Å². The Morgan fingerprint density at radius 1 is 0.893 bits per heavy atom. The predicted octanol–water partition coefficient (Wildman–Crippen LogP) is 3.58. The van der Waals surface area contributed by atoms with Gasteiger partial charge < -0.3 is 19.5 Å². The molecule has 0 aliphatic heterocycles. The number of hydrogen-bond acceptors (Lipinski definition) is 5. The summed E-state index contributed by atoms with van der Waals surface area (Å²) >= 11 is 0. The summed E-state index contributed by atoms with van der Waals surface area (Å²) in [6.45, 7) is -0.352. The molecule has 0 aromatic heterocycles. The second-order valence-electron chi connectivity index (χ2n) is 6.10. The summed E-state index contributed by atoms with van der Waals surface area (Å²) in [6.07, 6.45) is 0.0297. The maximum Gasteiger partial charge on any atom is 0.310 e. The van der Waals surface area contributed by atoms with Crippen LogP contribution in [0.25, 0.3) is 10.8 Å². The molecule has 3 aromatic rings. The number of fused-ring (bicyclic) bond motifs is 1.